The number of aliphatic hydroxyl groups is 1. The van der Waals surface area contributed by atoms with Gasteiger partial charge in [0.15, 0.2) is 0 Å². The lowest BCUT2D eigenvalue weighted by Gasteiger charge is -2.12. The van der Waals surface area contributed by atoms with Crippen LogP contribution in [-0.4, -0.2) is 28.3 Å². The fraction of sp³-hybridized carbons (Fsp3) is 0.500. The van der Waals surface area contributed by atoms with Crippen molar-refractivity contribution >= 4 is 0 Å². The van der Waals surface area contributed by atoms with Crippen molar-refractivity contribution in [3.8, 4) is 0 Å². The van der Waals surface area contributed by atoms with E-state index in [1.165, 1.54) is 6.20 Å². The van der Waals surface area contributed by atoms with Gasteiger partial charge < -0.3 is 10.4 Å². The molecule has 0 aromatic carbocycles. The highest BCUT2D eigenvalue weighted by atomic mass is 16.3. The van der Waals surface area contributed by atoms with Crippen molar-refractivity contribution in [2.75, 3.05) is 13.6 Å². The summed E-state index contributed by atoms with van der Waals surface area (Å²) >= 11 is 0. The van der Waals surface area contributed by atoms with Crippen LogP contribution >= 0.6 is 0 Å². The van der Waals surface area contributed by atoms with Gasteiger partial charge in [0.2, 0.25) is 0 Å². The third kappa shape index (κ3) is 2.09. The third-order valence-electron chi connectivity index (χ3n) is 1.85. The summed E-state index contributed by atoms with van der Waals surface area (Å²) in [6.07, 6.45) is 0.367. The molecule has 14 heavy (non-hydrogen) atoms. The van der Waals surface area contributed by atoms with Gasteiger partial charge in [-0.1, -0.05) is 0 Å². The average Bonchev–Trinajstić information content (AvgIpc) is 2.11. The Morgan fingerprint density at radius 3 is 2.86 bits per heavy atom. The summed E-state index contributed by atoms with van der Waals surface area (Å²) in [6, 6.07) is 0. The molecule has 6 heteroatoms. The summed E-state index contributed by atoms with van der Waals surface area (Å²) in [4.78, 5) is 24.3. The van der Waals surface area contributed by atoms with Gasteiger partial charge in [0, 0.05) is 18.3 Å². The van der Waals surface area contributed by atoms with E-state index >= 15 is 0 Å². The molecule has 0 saturated carbocycles. The van der Waals surface area contributed by atoms with Crippen LogP contribution in [0.15, 0.2) is 15.8 Å². The second-order valence-corrected chi connectivity index (χ2v) is 3.02. The summed E-state index contributed by atoms with van der Waals surface area (Å²) in [7, 11) is 1.66. The summed E-state index contributed by atoms with van der Waals surface area (Å²) in [5.74, 6) is 0. The first-order valence-electron chi connectivity index (χ1n) is 4.21. The van der Waals surface area contributed by atoms with Crippen LogP contribution in [0.2, 0.25) is 0 Å². The number of nitrogens with zero attached hydrogens (tertiary/aromatic N) is 1. The number of aryl methyl sites for hydroxylation is 1. The van der Waals surface area contributed by atoms with E-state index in [0.29, 0.717) is 5.56 Å². The maximum atomic E-state index is 11.2. The Balaban J connectivity index is 3.16. The molecule has 1 aromatic rings. The zero-order valence-electron chi connectivity index (χ0n) is 8.07. The zero-order valence-corrected chi connectivity index (χ0v) is 8.07. The Morgan fingerprint density at radius 1 is 1.64 bits per heavy atom. The molecule has 1 aromatic heterocycles. The minimum absolute atomic E-state index is 0.241. The summed E-state index contributed by atoms with van der Waals surface area (Å²) < 4.78 is 1.08. The van der Waals surface area contributed by atoms with Gasteiger partial charge in [0.05, 0.1) is 0 Å². The highest BCUT2D eigenvalue weighted by Crippen LogP contribution is 1.95. The van der Waals surface area contributed by atoms with Gasteiger partial charge >= 0.3 is 5.69 Å². The van der Waals surface area contributed by atoms with Crippen LogP contribution in [0, 0.1) is 6.92 Å². The molecular weight excluding hydrogens is 186 g/mol. The molecule has 6 nitrogen and oxygen atoms in total. The second kappa shape index (κ2) is 4.21. The predicted molar refractivity (Wildman–Crippen MR) is 51.2 cm³/mol. The quantitative estimate of drug-likeness (QED) is 0.556. The molecule has 0 spiro atoms. The number of nitrogens with one attached hydrogen (secondary N) is 2. The number of likely N-dealkylation sites (N-methyl/N-ethyl adjacent to an activating group) is 1. The maximum absolute atomic E-state index is 11.2. The molecule has 1 heterocycles. The molecule has 0 radical (unpaired) electrons. The zero-order chi connectivity index (χ0) is 10.7. The topological polar surface area (TPSA) is 87.1 Å². The Hall–Kier alpha value is -1.40. The van der Waals surface area contributed by atoms with Crippen LogP contribution in [0.25, 0.3) is 0 Å². The van der Waals surface area contributed by atoms with E-state index in [-0.39, 0.29) is 6.54 Å². The van der Waals surface area contributed by atoms with E-state index in [1.54, 1.807) is 14.0 Å². The molecule has 3 N–H and O–H groups in total. The van der Waals surface area contributed by atoms with Crippen molar-refractivity contribution < 1.29 is 5.11 Å². The molecule has 1 rings (SSSR count). The van der Waals surface area contributed by atoms with Crippen molar-refractivity contribution in [3.05, 3.63) is 32.6 Å². The van der Waals surface area contributed by atoms with Gasteiger partial charge in [0.1, 0.15) is 6.23 Å². The lowest BCUT2D eigenvalue weighted by atomic mass is 10.4. The molecule has 0 aliphatic rings. The lowest BCUT2D eigenvalue weighted by molar-refractivity contribution is 0.0994. The Labute approximate surface area is 80.2 Å². The molecule has 0 aliphatic heterocycles. The summed E-state index contributed by atoms with van der Waals surface area (Å²) in [5, 5.41) is 12.2. The lowest BCUT2D eigenvalue weighted by Crippen LogP contribution is -2.36. The van der Waals surface area contributed by atoms with E-state index < -0.39 is 17.5 Å². The van der Waals surface area contributed by atoms with Gasteiger partial charge in [-0.05, 0) is 14.0 Å². The minimum Gasteiger partial charge on any atom is -0.372 e. The first-order valence-corrected chi connectivity index (χ1v) is 4.21. The third-order valence-corrected chi connectivity index (χ3v) is 1.85. The van der Waals surface area contributed by atoms with E-state index in [1.807, 2.05) is 0 Å². The first kappa shape index (κ1) is 10.7. The number of aliphatic hydroxyl groups excluding tert-OH is 1. The molecule has 0 saturated heterocycles. The maximum Gasteiger partial charge on any atom is 0.330 e. The van der Waals surface area contributed by atoms with Gasteiger partial charge in [-0.25, -0.2) is 4.79 Å². The van der Waals surface area contributed by atoms with Crippen LogP contribution in [0.3, 0.4) is 0 Å². The Morgan fingerprint density at radius 2 is 2.29 bits per heavy atom. The largest absolute Gasteiger partial charge is 0.372 e. The molecule has 0 aliphatic carbocycles. The number of aromatic amines is 1. The van der Waals surface area contributed by atoms with E-state index in [9.17, 15) is 14.7 Å². The van der Waals surface area contributed by atoms with Crippen LogP contribution in [0.1, 0.15) is 11.8 Å². The molecule has 0 amide bonds. The standard InChI is InChI=1S/C8H13N3O3/c1-5-4-11(6(12)3-9-2)8(14)10-7(5)13/h4,6,9,12H,3H2,1-2H3,(H,10,13,14). The molecule has 0 fully saturated rings. The average molecular weight is 199 g/mol. The normalized spacial score (nSPS) is 12.8. The highest BCUT2D eigenvalue weighted by Gasteiger charge is 2.08. The number of hydrogen-bond donors (Lipinski definition) is 3. The minimum atomic E-state index is -0.969. The van der Waals surface area contributed by atoms with Crippen molar-refractivity contribution in [2.24, 2.45) is 0 Å². The van der Waals surface area contributed by atoms with Gasteiger partial charge in [0.25, 0.3) is 5.56 Å². The number of H-pyrrole nitrogens is 1. The molecule has 0 bridgehead atoms. The Kier molecular flexibility index (Phi) is 3.21. The monoisotopic (exact) mass is 199 g/mol. The van der Waals surface area contributed by atoms with Gasteiger partial charge in [-0.15, -0.1) is 0 Å². The van der Waals surface area contributed by atoms with E-state index in [2.05, 4.69) is 10.3 Å². The fourth-order valence-corrected chi connectivity index (χ4v) is 1.09. The number of rotatable bonds is 3. The first-order chi connectivity index (χ1) is 6.56. The SMILES string of the molecule is CNCC(O)n1cc(C)c(=O)[nH]c1=O. The molecule has 1 unspecified atom stereocenters. The van der Waals surface area contributed by atoms with Crippen LogP contribution in [-0.2, 0) is 0 Å². The van der Waals surface area contributed by atoms with E-state index in [4.69, 9.17) is 0 Å². The Bertz CT molecular complexity index is 421. The molecular formula is C8H13N3O3. The van der Waals surface area contributed by atoms with Gasteiger partial charge in [-0.2, -0.15) is 0 Å². The summed E-state index contributed by atoms with van der Waals surface area (Å²) in [6.45, 7) is 1.81. The van der Waals surface area contributed by atoms with Crippen molar-refractivity contribution in [1.82, 2.24) is 14.9 Å². The highest BCUT2D eigenvalue weighted by molar-refractivity contribution is 5.01. The van der Waals surface area contributed by atoms with E-state index in [0.717, 1.165) is 4.57 Å². The van der Waals surface area contributed by atoms with Crippen LogP contribution in [0.5, 0.6) is 0 Å². The molecule has 78 valence electrons. The number of aromatic nitrogens is 2. The number of hydrogen-bond acceptors (Lipinski definition) is 4. The summed E-state index contributed by atoms with van der Waals surface area (Å²) in [5.41, 5.74) is -0.647. The smallest absolute Gasteiger partial charge is 0.330 e. The van der Waals surface area contributed by atoms with Crippen LogP contribution < -0.4 is 16.6 Å². The van der Waals surface area contributed by atoms with Crippen LogP contribution in [0.4, 0.5) is 0 Å². The van der Waals surface area contributed by atoms with Crippen molar-refractivity contribution in [3.63, 3.8) is 0 Å². The van der Waals surface area contributed by atoms with Crippen molar-refractivity contribution in [1.29, 1.82) is 0 Å². The second-order valence-electron chi connectivity index (χ2n) is 3.02. The predicted octanol–water partition coefficient (Wildman–Crippen LogP) is -1.44. The fourth-order valence-electron chi connectivity index (χ4n) is 1.09. The van der Waals surface area contributed by atoms with Crippen molar-refractivity contribution in [2.45, 2.75) is 13.2 Å². The van der Waals surface area contributed by atoms with Gasteiger partial charge in [-0.3, -0.25) is 14.3 Å². The molecule has 1 atom stereocenters.